The summed E-state index contributed by atoms with van der Waals surface area (Å²) in [6, 6.07) is 18.0. The summed E-state index contributed by atoms with van der Waals surface area (Å²) in [5.41, 5.74) is 9.39. The number of rotatable bonds is 4. The smallest absolute Gasteiger partial charge is 0.309 e. The van der Waals surface area contributed by atoms with Crippen LogP contribution in [0.4, 0.5) is 5.13 Å². The Hall–Kier alpha value is -2.66. The van der Waals surface area contributed by atoms with Gasteiger partial charge in [-0.05, 0) is 22.8 Å². The van der Waals surface area contributed by atoms with Crippen LogP contribution in [-0.2, 0) is 11.2 Å². The van der Waals surface area contributed by atoms with Crippen molar-refractivity contribution in [2.45, 2.75) is 6.42 Å². The Morgan fingerprint density at radius 1 is 1.05 bits per heavy atom. The zero-order valence-corrected chi connectivity index (χ0v) is 12.5. The summed E-state index contributed by atoms with van der Waals surface area (Å²) in [5, 5.41) is 9.39. The fourth-order valence-corrected chi connectivity index (χ4v) is 3.17. The lowest BCUT2D eigenvalue weighted by Gasteiger charge is -2.05. The molecule has 0 atom stereocenters. The van der Waals surface area contributed by atoms with E-state index in [-0.39, 0.29) is 6.42 Å². The number of carboxylic acids is 1. The summed E-state index contributed by atoms with van der Waals surface area (Å²) in [4.78, 5) is 15.9. The molecule has 3 rings (SSSR count). The number of aliphatic carboxylic acids is 1. The Balaban J connectivity index is 2.05. The first-order chi connectivity index (χ1) is 10.6. The number of benzene rings is 2. The number of carboxylic acid groups (broad SMARTS) is 1. The van der Waals surface area contributed by atoms with Gasteiger partial charge < -0.3 is 10.8 Å². The molecule has 0 bridgehead atoms. The molecule has 22 heavy (non-hydrogen) atoms. The first-order valence-corrected chi connectivity index (χ1v) is 7.58. The Labute approximate surface area is 131 Å². The number of nitrogen functional groups attached to an aromatic ring is 1. The third-order valence-corrected chi connectivity index (χ3v) is 4.24. The van der Waals surface area contributed by atoms with Crippen LogP contribution in [0.1, 0.15) is 5.69 Å². The number of aromatic nitrogens is 1. The summed E-state index contributed by atoms with van der Waals surface area (Å²) in [6.45, 7) is 0. The van der Waals surface area contributed by atoms with Crippen molar-refractivity contribution >= 4 is 22.4 Å². The highest BCUT2D eigenvalue weighted by Crippen LogP contribution is 2.34. The molecule has 5 heteroatoms. The second-order valence-corrected chi connectivity index (χ2v) is 5.88. The number of nitrogens with zero attached hydrogens (tertiary/aromatic N) is 1. The predicted octanol–water partition coefficient (Wildman–Crippen LogP) is 3.69. The van der Waals surface area contributed by atoms with Crippen LogP contribution < -0.4 is 5.73 Å². The maximum absolute atomic E-state index is 11.0. The number of anilines is 1. The lowest BCUT2D eigenvalue weighted by Crippen LogP contribution is -2.01. The minimum atomic E-state index is -0.911. The molecule has 4 nitrogen and oxygen atoms in total. The molecular formula is C17H14N2O2S. The van der Waals surface area contributed by atoms with E-state index in [0.717, 1.165) is 21.6 Å². The summed E-state index contributed by atoms with van der Waals surface area (Å²) < 4.78 is 0. The van der Waals surface area contributed by atoms with Crippen molar-refractivity contribution < 1.29 is 9.90 Å². The molecule has 110 valence electrons. The van der Waals surface area contributed by atoms with Gasteiger partial charge in [0.15, 0.2) is 5.13 Å². The van der Waals surface area contributed by atoms with Crippen molar-refractivity contribution in [3.05, 3.63) is 60.3 Å². The van der Waals surface area contributed by atoms with Crippen LogP contribution in [0, 0.1) is 0 Å². The van der Waals surface area contributed by atoms with Crippen LogP contribution in [0.5, 0.6) is 0 Å². The van der Waals surface area contributed by atoms with Crippen molar-refractivity contribution in [3.63, 3.8) is 0 Å². The lowest BCUT2D eigenvalue weighted by molar-refractivity contribution is -0.136. The van der Waals surface area contributed by atoms with E-state index in [0.29, 0.717) is 10.8 Å². The minimum absolute atomic E-state index is 0.126. The van der Waals surface area contributed by atoms with Gasteiger partial charge in [0.25, 0.3) is 0 Å². The molecule has 1 heterocycles. The molecule has 0 spiro atoms. The average molecular weight is 310 g/mol. The molecule has 0 aliphatic rings. The highest BCUT2D eigenvalue weighted by atomic mass is 32.1. The van der Waals surface area contributed by atoms with Crippen molar-refractivity contribution in [2.75, 3.05) is 5.73 Å². The van der Waals surface area contributed by atoms with E-state index in [1.54, 1.807) is 0 Å². The maximum Gasteiger partial charge on any atom is 0.309 e. The Morgan fingerprint density at radius 3 is 2.45 bits per heavy atom. The molecule has 2 aromatic carbocycles. The molecule has 0 saturated heterocycles. The number of thiazole rings is 1. The van der Waals surface area contributed by atoms with E-state index < -0.39 is 5.97 Å². The number of carbonyl (C=O) groups is 1. The molecular weight excluding hydrogens is 296 g/mol. The molecule has 1 aromatic heterocycles. The third-order valence-electron chi connectivity index (χ3n) is 3.26. The molecule has 0 aliphatic heterocycles. The molecule has 3 N–H and O–H groups in total. The van der Waals surface area contributed by atoms with E-state index in [9.17, 15) is 4.79 Å². The van der Waals surface area contributed by atoms with Crippen molar-refractivity contribution in [1.82, 2.24) is 4.98 Å². The van der Waals surface area contributed by atoms with Gasteiger partial charge in [0, 0.05) is 0 Å². The molecule has 0 amide bonds. The molecule has 0 radical (unpaired) electrons. The van der Waals surface area contributed by atoms with Gasteiger partial charge in [0.2, 0.25) is 0 Å². The fraction of sp³-hybridized carbons (Fsp3) is 0.0588. The van der Waals surface area contributed by atoms with Gasteiger partial charge in [-0.2, -0.15) is 0 Å². The van der Waals surface area contributed by atoms with Gasteiger partial charge in [-0.1, -0.05) is 59.9 Å². The lowest BCUT2D eigenvalue weighted by atomic mass is 10.0. The van der Waals surface area contributed by atoms with Gasteiger partial charge in [-0.3, -0.25) is 4.79 Å². The highest BCUT2D eigenvalue weighted by Gasteiger charge is 2.15. The van der Waals surface area contributed by atoms with Gasteiger partial charge in [-0.25, -0.2) is 4.98 Å². The molecule has 3 aromatic rings. The van der Waals surface area contributed by atoms with Gasteiger partial charge in [0.05, 0.1) is 17.0 Å². The quantitative estimate of drug-likeness (QED) is 0.770. The van der Waals surface area contributed by atoms with Gasteiger partial charge in [0.1, 0.15) is 0 Å². The monoisotopic (exact) mass is 310 g/mol. The zero-order valence-electron chi connectivity index (χ0n) is 11.7. The average Bonchev–Trinajstić information content (AvgIpc) is 2.88. The van der Waals surface area contributed by atoms with Gasteiger partial charge in [-0.15, -0.1) is 0 Å². The molecule has 0 aliphatic carbocycles. The molecule has 0 saturated carbocycles. The first-order valence-electron chi connectivity index (χ1n) is 6.76. The van der Waals surface area contributed by atoms with Crippen molar-refractivity contribution in [2.24, 2.45) is 0 Å². The fourth-order valence-electron chi connectivity index (χ4n) is 2.33. The second kappa shape index (κ2) is 5.99. The Bertz CT molecular complexity index is 813. The minimum Gasteiger partial charge on any atom is -0.481 e. The summed E-state index contributed by atoms with van der Waals surface area (Å²) in [7, 11) is 0. The number of hydrogen-bond acceptors (Lipinski definition) is 4. The SMILES string of the molecule is Nc1nc(CC(=O)O)c(-c2cccc(-c3ccccc3)c2)s1. The predicted molar refractivity (Wildman–Crippen MR) is 88.7 cm³/mol. The Kier molecular flexibility index (Phi) is 3.89. The van der Waals surface area contributed by atoms with Crippen LogP contribution in [0.25, 0.3) is 21.6 Å². The van der Waals surface area contributed by atoms with Crippen molar-refractivity contribution in [1.29, 1.82) is 0 Å². The number of nitrogens with two attached hydrogens (primary N) is 1. The highest BCUT2D eigenvalue weighted by molar-refractivity contribution is 7.18. The molecule has 0 unspecified atom stereocenters. The maximum atomic E-state index is 11.0. The van der Waals surface area contributed by atoms with E-state index in [2.05, 4.69) is 4.98 Å². The van der Waals surface area contributed by atoms with Crippen LogP contribution in [0.2, 0.25) is 0 Å². The largest absolute Gasteiger partial charge is 0.481 e. The number of hydrogen-bond donors (Lipinski definition) is 2. The summed E-state index contributed by atoms with van der Waals surface area (Å²) >= 11 is 1.32. The van der Waals surface area contributed by atoms with Crippen LogP contribution >= 0.6 is 11.3 Å². The Morgan fingerprint density at radius 2 is 1.73 bits per heavy atom. The van der Waals surface area contributed by atoms with Gasteiger partial charge >= 0.3 is 5.97 Å². The zero-order chi connectivity index (χ0) is 15.5. The topological polar surface area (TPSA) is 76.2 Å². The second-order valence-electron chi connectivity index (χ2n) is 4.85. The summed E-state index contributed by atoms with van der Waals surface area (Å²) in [6.07, 6.45) is -0.126. The summed E-state index contributed by atoms with van der Waals surface area (Å²) in [5.74, 6) is -0.911. The van der Waals surface area contributed by atoms with E-state index in [4.69, 9.17) is 10.8 Å². The van der Waals surface area contributed by atoms with E-state index in [1.807, 2.05) is 54.6 Å². The molecule has 0 fully saturated rings. The van der Waals surface area contributed by atoms with Crippen LogP contribution in [0.3, 0.4) is 0 Å². The third kappa shape index (κ3) is 2.99. The standard InChI is InChI=1S/C17H14N2O2S/c18-17-19-14(10-15(20)21)16(22-17)13-8-4-7-12(9-13)11-5-2-1-3-6-11/h1-9H,10H2,(H2,18,19)(H,20,21). The van der Waals surface area contributed by atoms with E-state index in [1.165, 1.54) is 11.3 Å². The van der Waals surface area contributed by atoms with Crippen LogP contribution in [-0.4, -0.2) is 16.1 Å². The van der Waals surface area contributed by atoms with Crippen molar-refractivity contribution in [3.8, 4) is 21.6 Å². The first kappa shape index (κ1) is 14.3. The van der Waals surface area contributed by atoms with Crippen LogP contribution in [0.15, 0.2) is 54.6 Å². The normalized spacial score (nSPS) is 10.5. The van der Waals surface area contributed by atoms with E-state index >= 15 is 0 Å².